The maximum absolute atomic E-state index is 13.0. The highest BCUT2D eigenvalue weighted by molar-refractivity contribution is 7.92. The molecular formula is C32H35ClN6O5S. The fraction of sp³-hybridized carbons (Fsp3) is 0.312. The van der Waals surface area contributed by atoms with Crippen molar-refractivity contribution in [2.45, 2.75) is 57.1 Å². The number of aromatic nitrogens is 3. The number of benzene rings is 2. The molecule has 1 aliphatic rings. The van der Waals surface area contributed by atoms with E-state index < -0.39 is 15.6 Å². The zero-order chi connectivity index (χ0) is 32.2. The summed E-state index contributed by atoms with van der Waals surface area (Å²) in [5.74, 6) is 1.10. The molecular weight excluding hydrogens is 616 g/mol. The van der Waals surface area contributed by atoms with Crippen LogP contribution in [0.25, 0.3) is 11.3 Å². The number of ether oxygens (including phenoxy) is 2. The summed E-state index contributed by atoms with van der Waals surface area (Å²) in [5.41, 5.74) is 1.69. The molecule has 0 saturated carbocycles. The van der Waals surface area contributed by atoms with Gasteiger partial charge in [-0.05, 0) is 82.5 Å². The second kappa shape index (κ2) is 13.3. The number of nitrogens with zero attached hydrogens (tertiary/aromatic N) is 4. The Morgan fingerprint density at radius 1 is 1.04 bits per heavy atom. The van der Waals surface area contributed by atoms with E-state index in [1.807, 2.05) is 33.8 Å². The van der Waals surface area contributed by atoms with Crippen molar-refractivity contribution in [1.82, 2.24) is 19.9 Å². The highest BCUT2D eigenvalue weighted by Gasteiger charge is 2.28. The summed E-state index contributed by atoms with van der Waals surface area (Å²) in [5, 5.41) is 3.48. The molecule has 0 radical (unpaired) electrons. The van der Waals surface area contributed by atoms with E-state index in [1.165, 1.54) is 12.1 Å². The Bertz CT molecular complexity index is 1800. The lowest BCUT2D eigenvalue weighted by molar-refractivity contribution is 0.0206. The first-order chi connectivity index (χ1) is 21.4. The number of carbonyl (C=O) groups is 1. The van der Waals surface area contributed by atoms with Crippen molar-refractivity contribution in [3.05, 3.63) is 83.6 Å². The number of amides is 1. The average Bonchev–Trinajstić information content (AvgIpc) is 2.98. The van der Waals surface area contributed by atoms with Gasteiger partial charge < -0.3 is 19.7 Å². The van der Waals surface area contributed by atoms with Gasteiger partial charge in [0.15, 0.2) is 0 Å². The summed E-state index contributed by atoms with van der Waals surface area (Å²) in [7, 11) is -3.94. The van der Waals surface area contributed by atoms with Crippen LogP contribution >= 0.6 is 11.6 Å². The van der Waals surface area contributed by atoms with Gasteiger partial charge in [-0.15, -0.1) is 0 Å². The summed E-state index contributed by atoms with van der Waals surface area (Å²) < 4.78 is 40.4. The number of anilines is 2. The van der Waals surface area contributed by atoms with Gasteiger partial charge in [-0.1, -0.05) is 29.8 Å². The predicted molar refractivity (Wildman–Crippen MR) is 173 cm³/mol. The van der Waals surface area contributed by atoms with Crippen LogP contribution in [0.1, 0.15) is 39.2 Å². The second-order valence-corrected chi connectivity index (χ2v) is 13.7. The molecule has 1 aliphatic heterocycles. The molecule has 13 heteroatoms. The number of rotatable bonds is 8. The summed E-state index contributed by atoms with van der Waals surface area (Å²) >= 11 is 6.13. The summed E-state index contributed by atoms with van der Waals surface area (Å²) in [4.78, 5) is 27.9. The molecule has 1 saturated heterocycles. The summed E-state index contributed by atoms with van der Waals surface area (Å²) in [6.07, 6.45) is 4.59. The van der Waals surface area contributed by atoms with E-state index in [0.29, 0.717) is 41.7 Å². The van der Waals surface area contributed by atoms with Crippen molar-refractivity contribution < 1.29 is 22.7 Å². The van der Waals surface area contributed by atoms with Gasteiger partial charge in [-0.25, -0.2) is 28.2 Å². The van der Waals surface area contributed by atoms with Gasteiger partial charge in [-0.3, -0.25) is 4.72 Å². The van der Waals surface area contributed by atoms with Crippen LogP contribution in [0.5, 0.6) is 11.6 Å². The lowest BCUT2D eigenvalue weighted by atomic mass is 10.1. The van der Waals surface area contributed by atoms with E-state index in [2.05, 4.69) is 20.0 Å². The van der Waals surface area contributed by atoms with Crippen molar-refractivity contribution in [3.8, 4) is 22.9 Å². The number of piperidine rings is 1. The van der Waals surface area contributed by atoms with E-state index in [-0.39, 0.29) is 27.9 Å². The Labute approximate surface area is 268 Å². The van der Waals surface area contributed by atoms with Gasteiger partial charge >= 0.3 is 6.09 Å². The number of aryl methyl sites for hydroxylation is 1. The van der Waals surface area contributed by atoms with Crippen molar-refractivity contribution in [2.24, 2.45) is 0 Å². The van der Waals surface area contributed by atoms with Gasteiger partial charge in [0.1, 0.15) is 16.2 Å². The van der Waals surface area contributed by atoms with E-state index in [4.69, 9.17) is 26.1 Å². The molecule has 0 aliphatic carbocycles. The van der Waals surface area contributed by atoms with Crippen LogP contribution < -0.4 is 14.8 Å². The van der Waals surface area contributed by atoms with Crippen LogP contribution in [0.15, 0.2) is 78.0 Å². The van der Waals surface area contributed by atoms with Crippen molar-refractivity contribution in [1.29, 1.82) is 0 Å². The third-order valence-corrected chi connectivity index (χ3v) is 8.76. The fourth-order valence-corrected chi connectivity index (χ4v) is 6.34. The number of hydrogen-bond donors (Lipinski definition) is 2. The SMILES string of the molecule is Cc1ccc(NS(=O)(=O)c2ccccc2Cl)cc1Oc1ncccc1-c1ccnc(NC2CCCN(C(=O)OC(C)(C)C)C2)n1. The zero-order valence-electron chi connectivity index (χ0n) is 25.5. The molecule has 236 valence electrons. The third-order valence-electron chi connectivity index (χ3n) is 6.88. The topological polar surface area (TPSA) is 136 Å². The first-order valence-electron chi connectivity index (χ1n) is 14.5. The van der Waals surface area contributed by atoms with Crippen LogP contribution in [-0.2, 0) is 14.8 Å². The number of pyridine rings is 1. The Balaban J connectivity index is 1.33. The van der Waals surface area contributed by atoms with Crippen LogP contribution in [0.2, 0.25) is 5.02 Å². The number of sulfonamides is 1. The number of nitrogens with one attached hydrogen (secondary N) is 2. The first-order valence-corrected chi connectivity index (χ1v) is 16.3. The number of halogens is 1. The molecule has 0 spiro atoms. The Hall–Kier alpha value is -4.42. The predicted octanol–water partition coefficient (Wildman–Crippen LogP) is 6.90. The molecule has 11 nitrogen and oxygen atoms in total. The molecule has 1 atom stereocenters. The lowest BCUT2D eigenvalue weighted by Crippen LogP contribution is -2.47. The second-order valence-electron chi connectivity index (χ2n) is 11.6. The van der Waals surface area contributed by atoms with Crippen LogP contribution in [0.4, 0.5) is 16.4 Å². The van der Waals surface area contributed by atoms with Crippen LogP contribution in [0, 0.1) is 6.92 Å². The van der Waals surface area contributed by atoms with E-state index in [0.717, 1.165) is 18.4 Å². The average molecular weight is 651 g/mol. The highest BCUT2D eigenvalue weighted by atomic mass is 35.5. The Morgan fingerprint density at radius 2 is 1.84 bits per heavy atom. The minimum atomic E-state index is -3.94. The van der Waals surface area contributed by atoms with E-state index in [9.17, 15) is 13.2 Å². The maximum Gasteiger partial charge on any atom is 0.410 e. The van der Waals surface area contributed by atoms with Crippen molar-refractivity contribution in [2.75, 3.05) is 23.1 Å². The molecule has 5 rings (SSSR count). The first kappa shape index (κ1) is 32.0. The van der Waals surface area contributed by atoms with Gasteiger partial charge in [-0.2, -0.15) is 0 Å². The number of likely N-dealkylation sites (tertiary alicyclic amines) is 1. The standard InChI is InChI=1S/C32H35ClN6O5S/c1-21-13-14-22(38-45(41,42)28-12-6-5-11-25(28)33)19-27(21)43-29-24(10-7-16-34-29)26-15-17-35-30(37-26)36-23-9-8-18-39(20-23)31(40)44-32(2,3)4/h5-7,10-17,19,23,38H,8-9,18,20H2,1-4H3,(H,35,36,37). The largest absolute Gasteiger partial charge is 0.444 e. The molecule has 45 heavy (non-hydrogen) atoms. The van der Waals surface area contributed by atoms with Gasteiger partial charge in [0, 0.05) is 37.6 Å². The molecule has 2 aromatic carbocycles. The molecule has 0 bridgehead atoms. The van der Waals surface area contributed by atoms with Crippen molar-refractivity contribution in [3.63, 3.8) is 0 Å². The quantitative estimate of drug-likeness (QED) is 0.209. The molecule has 1 fully saturated rings. The van der Waals surface area contributed by atoms with E-state index >= 15 is 0 Å². The van der Waals surface area contributed by atoms with Crippen LogP contribution in [-0.4, -0.2) is 59.1 Å². The summed E-state index contributed by atoms with van der Waals surface area (Å²) in [6.45, 7) is 8.50. The molecule has 3 heterocycles. The zero-order valence-corrected chi connectivity index (χ0v) is 27.0. The number of carbonyl (C=O) groups excluding carboxylic acids is 1. The highest BCUT2D eigenvalue weighted by Crippen LogP contribution is 2.34. The van der Waals surface area contributed by atoms with Crippen molar-refractivity contribution >= 4 is 39.4 Å². The molecule has 1 amide bonds. The molecule has 2 N–H and O–H groups in total. The minimum Gasteiger partial charge on any atom is -0.444 e. The van der Waals surface area contributed by atoms with Gasteiger partial charge in [0.2, 0.25) is 11.8 Å². The molecule has 1 unspecified atom stereocenters. The molecule has 4 aromatic rings. The van der Waals surface area contributed by atoms with Gasteiger partial charge in [0.25, 0.3) is 10.0 Å². The molecule has 2 aromatic heterocycles. The Morgan fingerprint density at radius 3 is 2.62 bits per heavy atom. The van der Waals surface area contributed by atoms with Crippen LogP contribution in [0.3, 0.4) is 0 Å². The smallest absolute Gasteiger partial charge is 0.410 e. The number of hydrogen-bond acceptors (Lipinski definition) is 9. The normalized spacial score (nSPS) is 15.3. The minimum absolute atomic E-state index is 0.0272. The fourth-order valence-electron chi connectivity index (χ4n) is 4.77. The lowest BCUT2D eigenvalue weighted by Gasteiger charge is -2.34. The van der Waals surface area contributed by atoms with E-state index in [1.54, 1.807) is 59.8 Å². The summed E-state index contributed by atoms with van der Waals surface area (Å²) in [6, 6.07) is 16.5. The van der Waals surface area contributed by atoms with Gasteiger partial charge in [0.05, 0.1) is 22.0 Å². The Kier molecular flexibility index (Phi) is 9.45. The maximum atomic E-state index is 13.0. The monoisotopic (exact) mass is 650 g/mol. The third kappa shape index (κ3) is 8.20.